The fourth-order valence-electron chi connectivity index (χ4n) is 3.97. The van der Waals surface area contributed by atoms with Crippen molar-refractivity contribution in [1.29, 1.82) is 0 Å². The molecule has 3 N–H and O–H groups in total. The summed E-state index contributed by atoms with van der Waals surface area (Å²) >= 11 is 1.67. The molecule has 0 saturated heterocycles. The van der Waals surface area contributed by atoms with E-state index in [0.717, 1.165) is 33.0 Å². The SMILES string of the molecule is CNc1ccccc1NC(=O)c1ccc(CNC(=O)/C(=C/c2ccc(SC)cc2)c2ccc(OC)cc2)cc1. The number of hydrogen-bond acceptors (Lipinski definition) is 5. The van der Waals surface area contributed by atoms with E-state index in [0.29, 0.717) is 23.4 Å². The molecule has 0 heterocycles. The van der Waals surface area contributed by atoms with Gasteiger partial charge in [0.25, 0.3) is 11.8 Å². The molecule has 39 heavy (non-hydrogen) atoms. The summed E-state index contributed by atoms with van der Waals surface area (Å²) in [6.45, 7) is 0.322. The molecule has 4 aromatic rings. The maximum atomic E-state index is 13.4. The Morgan fingerprint density at radius 3 is 2.08 bits per heavy atom. The first-order valence-corrected chi connectivity index (χ1v) is 13.7. The Balaban J connectivity index is 1.46. The Morgan fingerprint density at radius 2 is 1.46 bits per heavy atom. The molecule has 0 aliphatic carbocycles. The minimum Gasteiger partial charge on any atom is -0.497 e. The summed E-state index contributed by atoms with van der Waals surface area (Å²) in [5, 5.41) is 9.02. The van der Waals surface area contributed by atoms with Crippen LogP contribution >= 0.6 is 11.8 Å². The fourth-order valence-corrected chi connectivity index (χ4v) is 4.38. The average molecular weight is 538 g/mol. The maximum Gasteiger partial charge on any atom is 0.255 e. The van der Waals surface area contributed by atoms with Crippen LogP contribution in [0.15, 0.2) is 102 Å². The molecule has 0 saturated carbocycles. The molecule has 0 radical (unpaired) electrons. The maximum absolute atomic E-state index is 13.4. The Kier molecular flexibility index (Phi) is 9.43. The van der Waals surface area contributed by atoms with Crippen LogP contribution in [0, 0.1) is 0 Å². The molecule has 0 aliphatic heterocycles. The van der Waals surface area contributed by atoms with E-state index in [1.165, 1.54) is 0 Å². The highest BCUT2D eigenvalue weighted by Gasteiger charge is 2.14. The second-order valence-electron chi connectivity index (χ2n) is 8.69. The molecule has 0 atom stereocenters. The van der Waals surface area contributed by atoms with Crippen molar-refractivity contribution >= 4 is 46.6 Å². The lowest BCUT2D eigenvalue weighted by atomic mass is 10.0. The minimum atomic E-state index is -0.203. The third kappa shape index (κ3) is 7.30. The van der Waals surface area contributed by atoms with Gasteiger partial charge in [0.2, 0.25) is 0 Å². The van der Waals surface area contributed by atoms with Crippen LogP contribution in [0.5, 0.6) is 5.75 Å². The van der Waals surface area contributed by atoms with E-state index < -0.39 is 0 Å². The Labute approximate surface area is 233 Å². The van der Waals surface area contributed by atoms with E-state index in [2.05, 4.69) is 16.0 Å². The second kappa shape index (κ2) is 13.3. The quantitative estimate of drug-likeness (QED) is 0.121. The van der Waals surface area contributed by atoms with Crippen molar-refractivity contribution in [3.8, 4) is 5.75 Å². The van der Waals surface area contributed by atoms with Gasteiger partial charge in [0.1, 0.15) is 5.75 Å². The van der Waals surface area contributed by atoms with Crippen molar-refractivity contribution in [1.82, 2.24) is 5.32 Å². The first kappa shape index (κ1) is 27.5. The van der Waals surface area contributed by atoms with E-state index in [9.17, 15) is 9.59 Å². The Hall–Kier alpha value is -4.49. The Morgan fingerprint density at radius 1 is 0.821 bits per heavy atom. The number of para-hydroxylation sites is 2. The Bertz CT molecular complexity index is 1450. The number of nitrogens with one attached hydrogen (secondary N) is 3. The van der Waals surface area contributed by atoms with Crippen molar-refractivity contribution in [3.05, 3.63) is 119 Å². The van der Waals surface area contributed by atoms with Gasteiger partial charge in [0.05, 0.1) is 18.5 Å². The van der Waals surface area contributed by atoms with Crippen molar-refractivity contribution < 1.29 is 14.3 Å². The van der Waals surface area contributed by atoms with Crippen LogP contribution in [0.4, 0.5) is 11.4 Å². The molecule has 0 aromatic heterocycles. The van der Waals surface area contributed by atoms with Crippen LogP contribution in [0.2, 0.25) is 0 Å². The number of benzene rings is 4. The molecule has 2 amide bonds. The lowest BCUT2D eigenvalue weighted by Gasteiger charge is -2.12. The van der Waals surface area contributed by atoms with Gasteiger partial charge in [-0.1, -0.05) is 48.5 Å². The molecule has 7 heteroatoms. The van der Waals surface area contributed by atoms with E-state index in [1.807, 2.05) is 104 Å². The summed E-state index contributed by atoms with van der Waals surface area (Å²) in [6.07, 6.45) is 3.92. The average Bonchev–Trinajstić information content (AvgIpc) is 2.99. The molecule has 0 aliphatic rings. The predicted molar refractivity (Wildman–Crippen MR) is 161 cm³/mol. The van der Waals surface area contributed by atoms with Gasteiger partial charge in [0, 0.05) is 29.6 Å². The molecule has 4 aromatic carbocycles. The van der Waals surface area contributed by atoms with Crippen LogP contribution < -0.4 is 20.7 Å². The van der Waals surface area contributed by atoms with Gasteiger partial charge in [-0.05, 0) is 77.6 Å². The lowest BCUT2D eigenvalue weighted by molar-refractivity contribution is -0.115. The highest BCUT2D eigenvalue weighted by atomic mass is 32.2. The molecule has 0 unspecified atom stereocenters. The third-order valence-electron chi connectivity index (χ3n) is 6.19. The molecule has 0 spiro atoms. The molecule has 0 fully saturated rings. The molecule has 4 rings (SSSR count). The normalized spacial score (nSPS) is 11.0. The van der Waals surface area contributed by atoms with Crippen molar-refractivity contribution in [3.63, 3.8) is 0 Å². The molecular weight excluding hydrogens is 506 g/mol. The number of amides is 2. The summed E-state index contributed by atoms with van der Waals surface area (Å²) < 4.78 is 5.28. The zero-order valence-corrected chi connectivity index (χ0v) is 23.0. The first-order valence-electron chi connectivity index (χ1n) is 12.5. The summed E-state index contributed by atoms with van der Waals surface area (Å²) in [4.78, 5) is 27.3. The lowest BCUT2D eigenvalue weighted by Crippen LogP contribution is -2.24. The summed E-state index contributed by atoms with van der Waals surface area (Å²) in [5.74, 6) is 0.325. The zero-order valence-electron chi connectivity index (χ0n) is 22.2. The second-order valence-corrected chi connectivity index (χ2v) is 9.57. The van der Waals surface area contributed by atoms with Crippen LogP contribution in [0.1, 0.15) is 27.0 Å². The number of carbonyl (C=O) groups is 2. The van der Waals surface area contributed by atoms with E-state index in [1.54, 1.807) is 31.0 Å². The number of carbonyl (C=O) groups excluding carboxylic acids is 2. The monoisotopic (exact) mass is 537 g/mol. The van der Waals surface area contributed by atoms with E-state index in [-0.39, 0.29) is 11.8 Å². The molecule has 0 bridgehead atoms. The number of thioether (sulfide) groups is 1. The zero-order chi connectivity index (χ0) is 27.6. The minimum absolute atomic E-state index is 0.195. The highest BCUT2D eigenvalue weighted by molar-refractivity contribution is 7.98. The van der Waals surface area contributed by atoms with Gasteiger partial charge in [-0.25, -0.2) is 0 Å². The number of hydrogen-bond donors (Lipinski definition) is 3. The topological polar surface area (TPSA) is 79.5 Å². The van der Waals surface area contributed by atoms with Gasteiger partial charge >= 0.3 is 0 Å². The number of ether oxygens (including phenoxy) is 1. The summed E-state index contributed by atoms with van der Waals surface area (Å²) in [7, 11) is 3.42. The fraction of sp³-hybridized carbons (Fsp3) is 0.125. The summed E-state index contributed by atoms with van der Waals surface area (Å²) in [5.41, 5.74) is 5.24. The predicted octanol–water partition coefficient (Wildman–Crippen LogP) is 6.57. The number of anilines is 2. The van der Waals surface area contributed by atoms with Gasteiger partial charge in [-0.3, -0.25) is 9.59 Å². The summed E-state index contributed by atoms with van der Waals surface area (Å²) in [6, 6.07) is 30.2. The smallest absolute Gasteiger partial charge is 0.255 e. The van der Waals surface area contributed by atoms with Crippen molar-refractivity contribution in [2.45, 2.75) is 11.4 Å². The van der Waals surface area contributed by atoms with Gasteiger partial charge < -0.3 is 20.7 Å². The standard InChI is InChI=1S/C32H31N3O3S/c1-33-29-6-4-5-7-30(29)35-31(36)25-12-8-23(9-13-25)21-34-32(37)28(24-14-16-26(38-2)17-15-24)20-22-10-18-27(39-3)19-11-22/h4-20,33H,21H2,1-3H3,(H,34,37)(H,35,36)/b28-20+. The van der Waals surface area contributed by atoms with Crippen LogP contribution in [0.25, 0.3) is 11.6 Å². The molecular formula is C32H31N3O3S. The highest BCUT2D eigenvalue weighted by Crippen LogP contribution is 2.24. The van der Waals surface area contributed by atoms with Crippen LogP contribution in [0.3, 0.4) is 0 Å². The van der Waals surface area contributed by atoms with E-state index >= 15 is 0 Å². The van der Waals surface area contributed by atoms with Gasteiger partial charge in [-0.15, -0.1) is 11.8 Å². The largest absolute Gasteiger partial charge is 0.497 e. The third-order valence-corrected chi connectivity index (χ3v) is 6.93. The van der Waals surface area contributed by atoms with Gasteiger partial charge in [-0.2, -0.15) is 0 Å². The van der Waals surface area contributed by atoms with Crippen LogP contribution in [-0.2, 0) is 11.3 Å². The first-order chi connectivity index (χ1) is 19.0. The van der Waals surface area contributed by atoms with Crippen molar-refractivity contribution in [2.24, 2.45) is 0 Å². The molecule has 198 valence electrons. The van der Waals surface area contributed by atoms with E-state index in [4.69, 9.17) is 4.74 Å². The number of rotatable bonds is 10. The molecule has 6 nitrogen and oxygen atoms in total. The van der Waals surface area contributed by atoms with Gasteiger partial charge in [0.15, 0.2) is 0 Å². The van der Waals surface area contributed by atoms with Crippen LogP contribution in [-0.4, -0.2) is 32.2 Å². The van der Waals surface area contributed by atoms with Crippen molar-refractivity contribution in [2.75, 3.05) is 31.0 Å². The number of methoxy groups -OCH3 is 1.